The van der Waals surface area contributed by atoms with Gasteiger partial charge in [0, 0.05) is 31.8 Å². The van der Waals surface area contributed by atoms with Crippen LogP contribution in [0.2, 0.25) is 0 Å². The molecule has 0 radical (unpaired) electrons. The first-order valence-electron chi connectivity index (χ1n) is 12.2. The number of rotatable bonds is 10. The third kappa shape index (κ3) is 6.75. The Balaban J connectivity index is 1.37. The van der Waals surface area contributed by atoms with Gasteiger partial charge in [0.25, 0.3) is 11.5 Å². The predicted octanol–water partition coefficient (Wildman–Crippen LogP) is 3.79. The third-order valence-electron chi connectivity index (χ3n) is 5.95. The molecule has 0 fully saturated rings. The molecule has 0 atom stereocenters. The number of nitrogens with zero attached hydrogens (tertiary/aromatic N) is 2. The van der Waals surface area contributed by atoms with E-state index < -0.39 is 11.5 Å². The van der Waals surface area contributed by atoms with Gasteiger partial charge >= 0.3 is 5.97 Å². The molecule has 11 heteroatoms. The van der Waals surface area contributed by atoms with Gasteiger partial charge in [0.2, 0.25) is 11.7 Å². The minimum atomic E-state index is -0.517. The highest BCUT2D eigenvalue weighted by atomic mass is 32.1. The highest BCUT2D eigenvalue weighted by Gasteiger charge is 2.16. The van der Waals surface area contributed by atoms with Gasteiger partial charge in [-0.25, -0.2) is 9.78 Å². The summed E-state index contributed by atoms with van der Waals surface area (Å²) in [7, 11) is 1.68. The molecule has 0 bridgehead atoms. The average molecular weight is 549 g/mol. The van der Waals surface area contributed by atoms with Crippen LogP contribution in [0, 0.1) is 0 Å². The highest BCUT2D eigenvalue weighted by molar-refractivity contribution is 7.16. The summed E-state index contributed by atoms with van der Waals surface area (Å²) in [6.45, 7) is 4.21. The third-order valence-corrected chi connectivity index (χ3v) is 6.87. The quantitative estimate of drug-likeness (QED) is 0.288. The van der Waals surface area contributed by atoms with Crippen LogP contribution < -0.4 is 15.8 Å². The number of carbonyl (C=O) groups excluding carboxylic acids is 3. The first-order chi connectivity index (χ1) is 18.8. The van der Waals surface area contributed by atoms with E-state index in [1.54, 1.807) is 61.8 Å². The van der Waals surface area contributed by atoms with Gasteiger partial charge in [0.05, 0.1) is 30.8 Å². The number of esters is 1. The van der Waals surface area contributed by atoms with Crippen molar-refractivity contribution >= 4 is 45.0 Å². The first kappa shape index (κ1) is 27.7. The Morgan fingerprint density at radius 2 is 1.85 bits per heavy atom. The van der Waals surface area contributed by atoms with E-state index in [1.807, 2.05) is 6.07 Å². The molecule has 0 saturated carbocycles. The predicted molar refractivity (Wildman–Crippen MR) is 148 cm³/mol. The number of H-pyrrole nitrogens is 1. The lowest BCUT2D eigenvalue weighted by Crippen LogP contribution is -2.28. The smallest absolute Gasteiger partial charge is 0.338 e. The summed E-state index contributed by atoms with van der Waals surface area (Å²) in [5.41, 5.74) is 3.09. The number of nitrogens with one attached hydrogen (secondary N) is 2. The largest absolute Gasteiger partial charge is 0.462 e. The number of carbonyl (C=O) groups is 3. The molecule has 2 heterocycles. The Morgan fingerprint density at radius 1 is 1.08 bits per heavy atom. The van der Waals surface area contributed by atoms with E-state index in [2.05, 4.69) is 15.3 Å². The van der Waals surface area contributed by atoms with Crippen LogP contribution in [0.25, 0.3) is 10.2 Å². The van der Waals surface area contributed by atoms with Crippen molar-refractivity contribution in [3.8, 4) is 0 Å². The number of ether oxygens (including phenoxy) is 2. The molecule has 0 saturated heterocycles. The maximum atomic E-state index is 12.8. The number of anilines is 1. The van der Waals surface area contributed by atoms with Gasteiger partial charge in [-0.15, -0.1) is 11.3 Å². The van der Waals surface area contributed by atoms with Gasteiger partial charge < -0.3 is 24.7 Å². The van der Waals surface area contributed by atoms with Crippen LogP contribution in [0.3, 0.4) is 0 Å². The van der Waals surface area contributed by atoms with E-state index in [1.165, 1.54) is 23.2 Å². The Hall–Kier alpha value is -4.35. The lowest BCUT2D eigenvalue weighted by Gasteiger charge is -2.16. The van der Waals surface area contributed by atoms with Crippen molar-refractivity contribution in [2.24, 2.45) is 0 Å². The average Bonchev–Trinajstić information content (AvgIpc) is 3.35. The molecule has 39 heavy (non-hydrogen) atoms. The van der Waals surface area contributed by atoms with Crippen molar-refractivity contribution in [2.75, 3.05) is 18.6 Å². The molecular weight excluding hydrogens is 520 g/mol. The number of thiophene rings is 1. The summed E-state index contributed by atoms with van der Waals surface area (Å²) in [5, 5.41) is 4.93. The molecular formula is C28H28N4O6S. The molecule has 0 aliphatic carbocycles. The summed E-state index contributed by atoms with van der Waals surface area (Å²) >= 11 is 1.26. The fourth-order valence-electron chi connectivity index (χ4n) is 3.77. The molecule has 2 aromatic carbocycles. The lowest BCUT2D eigenvalue weighted by atomic mass is 10.1. The second kappa shape index (κ2) is 12.5. The number of benzene rings is 2. The topological polar surface area (TPSA) is 131 Å². The molecule has 2 N–H and O–H groups in total. The normalized spacial score (nSPS) is 10.8. The van der Waals surface area contributed by atoms with Gasteiger partial charge in [-0.1, -0.05) is 24.3 Å². The monoisotopic (exact) mass is 548 g/mol. The van der Waals surface area contributed by atoms with Crippen LogP contribution in [0.15, 0.2) is 58.7 Å². The second-order valence-electron chi connectivity index (χ2n) is 8.70. The van der Waals surface area contributed by atoms with E-state index in [4.69, 9.17) is 9.47 Å². The van der Waals surface area contributed by atoms with Crippen molar-refractivity contribution in [2.45, 2.75) is 33.6 Å². The van der Waals surface area contributed by atoms with Gasteiger partial charge in [-0.3, -0.25) is 14.4 Å². The zero-order valence-electron chi connectivity index (χ0n) is 21.8. The first-order valence-corrected chi connectivity index (χ1v) is 13.1. The van der Waals surface area contributed by atoms with Crippen LogP contribution in [0.5, 0.6) is 0 Å². The summed E-state index contributed by atoms with van der Waals surface area (Å²) in [4.78, 5) is 57.8. The summed E-state index contributed by atoms with van der Waals surface area (Å²) in [6.07, 6.45) is 0. The minimum absolute atomic E-state index is 0.0829. The molecule has 0 unspecified atom stereocenters. The summed E-state index contributed by atoms with van der Waals surface area (Å²) < 4.78 is 10.8. The van der Waals surface area contributed by atoms with Crippen LogP contribution in [-0.2, 0) is 34.0 Å². The number of amides is 2. The maximum absolute atomic E-state index is 12.8. The van der Waals surface area contributed by atoms with E-state index in [-0.39, 0.29) is 37.5 Å². The van der Waals surface area contributed by atoms with Gasteiger partial charge in [0.15, 0.2) is 0 Å². The molecule has 10 nitrogen and oxygen atoms in total. The fourth-order valence-corrected chi connectivity index (χ4v) is 4.70. The molecule has 0 spiro atoms. The van der Waals surface area contributed by atoms with Crippen molar-refractivity contribution in [3.63, 3.8) is 0 Å². The zero-order valence-corrected chi connectivity index (χ0v) is 22.6. The van der Waals surface area contributed by atoms with E-state index in [0.717, 1.165) is 11.1 Å². The number of hydrogen-bond acceptors (Lipinski definition) is 8. The maximum Gasteiger partial charge on any atom is 0.338 e. The fraction of sp³-hybridized carbons (Fsp3) is 0.250. The summed E-state index contributed by atoms with van der Waals surface area (Å²) in [5.74, 6) is -1.07. The standard InChI is InChI=1S/C28H28N4O6S/c1-4-38-28(36)20-10-8-18(9-11-20)14-37-15-21-16-39-27-23(21)25(34)30-24(31-27)26(35)29-13-19-6-5-7-22(12-19)32(3)17(2)33/h5-12,16H,4,13-15H2,1-3H3,(H,29,35)(H,30,31,34). The van der Waals surface area contributed by atoms with Crippen molar-refractivity contribution < 1.29 is 23.9 Å². The molecule has 4 rings (SSSR count). The van der Waals surface area contributed by atoms with Crippen LogP contribution in [-0.4, -0.2) is 41.4 Å². The van der Waals surface area contributed by atoms with Gasteiger partial charge in [0.1, 0.15) is 4.83 Å². The Kier molecular flexibility index (Phi) is 8.84. The van der Waals surface area contributed by atoms with Crippen molar-refractivity contribution in [3.05, 3.63) is 92.3 Å². The second-order valence-corrected chi connectivity index (χ2v) is 9.55. The SMILES string of the molecule is CCOC(=O)c1ccc(COCc2csc3nc(C(=O)NCc4cccc(N(C)C(C)=O)c4)[nH]c(=O)c23)cc1. The lowest BCUT2D eigenvalue weighted by molar-refractivity contribution is -0.116. The van der Waals surface area contributed by atoms with Gasteiger partial charge in [-0.05, 0) is 47.7 Å². The Bertz CT molecular complexity index is 1560. The van der Waals surface area contributed by atoms with Crippen LogP contribution in [0.4, 0.5) is 5.69 Å². The highest BCUT2D eigenvalue weighted by Crippen LogP contribution is 2.22. The molecule has 2 amide bonds. The van der Waals surface area contributed by atoms with Crippen molar-refractivity contribution in [1.29, 1.82) is 0 Å². The number of aromatic nitrogens is 2. The Labute approximate surface area is 228 Å². The Morgan fingerprint density at radius 3 is 2.56 bits per heavy atom. The number of fused-ring (bicyclic) bond motifs is 1. The van der Waals surface area contributed by atoms with Gasteiger partial charge in [-0.2, -0.15) is 0 Å². The number of aromatic amines is 1. The zero-order chi connectivity index (χ0) is 27.9. The summed E-state index contributed by atoms with van der Waals surface area (Å²) in [6, 6.07) is 14.2. The van der Waals surface area contributed by atoms with Crippen LogP contribution in [0.1, 0.15) is 51.5 Å². The van der Waals surface area contributed by atoms with E-state index in [9.17, 15) is 19.2 Å². The van der Waals surface area contributed by atoms with Crippen molar-refractivity contribution in [1.82, 2.24) is 15.3 Å². The molecule has 0 aliphatic rings. The molecule has 0 aliphatic heterocycles. The molecule has 4 aromatic rings. The number of hydrogen-bond donors (Lipinski definition) is 2. The molecule has 202 valence electrons. The van der Waals surface area contributed by atoms with E-state index >= 15 is 0 Å². The molecule has 2 aromatic heterocycles. The van der Waals surface area contributed by atoms with E-state index in [0.29, 0.717) is 33.6 Å². The van der Waals surface area contributed by atoms with Crippen LogP contribution >= 0.6 is 11.3 Å². The minimum Gasteiger partial charge on any atom is -0.462 e.